The lowest BCUT2D eigenvalue weighted by Gasteiger charge is -2.11. The highest BCUT2D eigenvalue weighted by atomic mass is 32.2. The SMILES string of the molecule is CN1C(=O)Cc2cc(S(=O)(=O)NCCc3c[nH]c4ccc(F)cc34)ccc21. The Balaban J connectivity index is 1.48. The fourth-order valence-electron chi connectivity index (χ4n) is 3.37. The van der Waals surface area contributed by atoms with Crippen molar-refractivity contribution in [3.8, 4) is 0 Å². The molecule has 140 valence electrons. The summed E-state index contributed by atoms with van der Waals surface area (Å²) >= 11 is 0. The van der Waals surface area contributed by atoms with Crippen molar-refractivity contribution >= 4 is 32.5 Å². The van der Waals surface area contributed by atoms with Crippen LogP contribution in [0, 0.1) is 5.82 Å². The molecule has 3 aromatic rings. The highest BCUT2D eigenvalue weighted by molar-refractivity contribution is 7.89. The van der Waals surface area contributed by atoms with Crippen LogP contribution < -0.4 is 9.62 Å². The van der Waals surface area contributed by atoms with E-state index in [0.29, 0.717) is 12.0 Å². The number of hydrogen-bond donors (Lipinski definition) is 2. The third-order valence-corrected chi connectivity index (χ3v) is 6.31. The molecule has 0 saturated heterocycles. The number of sulfonamides is 1. The first-order chi connectivity index (χ1) is 12.8. The molecule has 1 aromatic heterocycles. The van der Waals surface area contributed by atoms with Crippen LogP contribution in [0.4, 0.5) is 10.1 Å². The van der Waals surface area contributed by atoms with Crippen LogP contribution in [0.1, 0.15) is 11.1 Å². The summed E-state index contributed by atoms with van der Waals surface area (Å²) in [5.41, 5.74) is 3.09. The molecule has 1 amide bonds. The second kappa shape index (κ2) is 6.47. The molecular weight excluding hydrogens is 369 g/mol. The minimum Gasteiger partial charge on any atom is -0.361 e. The molecule has 6 nitrogen and oxygen atoms in total. The van der Waals surface area contributed by atoms with E-state index in [2.05, 4.69) is 9.71 Å². The Morgan fingerprint density at radius 2 is 2.04 bits per heavy atom. The lowest BCUT2D eigenvalue weighted by molar-refractivity contribution is -0.117. The van der Waals surface area contributed by atoms with Crippen LogP contribution in [-0.2, 0) is 27.7 Å². The Morgan fingerprint density at radius 1 is 1.22 bits per heavy atom. The van der Waals surface area contributed by atoms with Crippen LogP contribution in [0.5, 0.6) is 0 Å². The van der Waals surface area contributed by atoms with Gasteiger partial charge in [-0.3, -0.25) is 4.79 Å². The Labute approximate surface area is 156 Å². The highest BCUT2D eigenvalue weighted by Crippen LogP contribution is 2.29. The van der Waals surface area contributed by atoms with Crippen LogP contribution in [0.3, 0.4) is 0 Å². The van der Waals surface area contributed by atoms with Crippen molar-refractivity contribution in [2.45, 2.75) is 17.7 Å². The summed E-state index contributed by atoms with van der Waals surface area (Å²) in [6, 6.07) is 9.15. The van der Waals surface area contributed by atoms with Gasteiger partial charge in [-0.25, -0.2) is 17.5 Å². The molecule has 2 N–H and O–H groups in total. The van der Waals surface area contributed by atoms with Gasteiger partial charge >= 0.3 is 0 Å². The molecule has 0 saturated carbocycles. The van der Waals surface area contributed by atoms with Crippen molar-refractivity contribution in [1.82, 2.24) is 9.71 Å². The summed E-state index contributed by atoms with van der Waals surface area (Å²) in [5.74, 6) is -0.388. The number of fused-ring (bicyclic) bond motifs is 2. The van der Waals surface area contributed by atoms with Gasteiger partial charge in [0.25, 0.3) is 0 Å². The van der Waals surface area contributed by atoms with Gasteiger partial charge in [0, 0.05) is 36.4 Å². The monoisotopic (exact) mass is 387 g/mol. The van der Waals surface area contributed by atoms with Crippen molar-refractivity contribution in [2.24, 2.45) is 0 Å². The van der Waals surface area contributed by atoms with Crippen LogP contribution in [0.15, 0.2) is 47.5 Å². The number of rotatable bonds is 5. The molecule has 1 aliphatic rings. The van der Waals surface area contributed by atoms with Crippen LogP contribution in [-0.4, -0.2) is 32.9 Å². The number of carbonyl (C=O) groups is 1. The summed E-state index contributed by atoms with van der Waals surface area (Å²) < 4.78 is 41.1. The van der Waals surface area contributed by atoms with Crippen molar-refractivity contribution < 1.29 is 17.6 Å². The van der Waals surface area contributed by atoms with Gasteiger partial charge in [0.2, 0.25) is 15.9 Å². The fraction of sp³-hybridized carbons (Fsp3) is 0.211. The van der Waals surface area contributed by atoms with E-state index in [1.54, 1.807) is 31.4 Å². The number of nitrogens with zero attached hydrogens (tertiary/aromatic N) is 1. The average Bonchev–Trinajstić information content (AvgIpc) is 3.15. The number of nitrogens with one attached hydrogen (secondary N) is 2. The van der Waals surface area contributed by atoms with E-state index in [-0.39, 0.29) is 29.6 Å². The van der Waals surface area contributed by atoms with Crippen molar-refractivity contribution in [3.05, 3.63) is 59.5 Å². The molecule has 0 spiro atoms. The number of anilines is 1. The first-order valence-corrected chi connectivity index (χ1v) is 9.98. The van der Waals surface area contributed by atoms with Crippen molar-refractivity contribution in [1.29, 1.82) is 0 Å². The Bertz CT molecular complexity index is 1150. The zero-order valence-electron chi connectivity index (χ0n) is 14.6. The summed E-state index contributed by atoms with van der Waals surface area (Å²) in [4.78, 5) is 16.5. The van der Waals surface area contributed by atoms with E-state index >= 15 is 0 Å². The molecule has 0 radical (unpaired) electrons. The van der Waals surface area contributed by atoms with E-state index in [4.69, 9.17) is 0 Å². The third-order valence-electron chi connectivity index (χ3n) is 4.85. The molecule has 0 aliphatic carbocycles. The maximum absolute atomic E-state index is 13.4. The van der Waals surface area contributed by atoms with Crippen LogP contribution in [0.25, 0.3) is 10.9 Å². The maximum atomic E-state index is 13.4. The molecule has 8 heteroatoms. The second-order valence-corrected chi connectivity index (χ2v) is 8.34. The number of H-pyrrole nitrogens is 1. The zero-order valence-corrected chi connectivity index (χ0v) is 15.4. The van der Waals surface area contributed by atoms with Gasteiger partial charge in [-0.1, -0.05) is 0 Å². The van der Waals surface area contributed by atoms with Gasteiger partial charge < -0.3 is 9.88 Å². The predicted molar refractivity (Wildman–Crippen MR) is 101 cm³/mol. The Kier molecular flexibility index (Phi) is 4.24. The van der Waals surface area contributed by atoms with Gasteiger partial charge in [-0.2, -0.15) is 0 Å². The van der Waals surface area contributed by atoms with Gasteiger partial charge in [-0.15, -0.1) is 0 Å². The molecule has 2 heterocycles. The van der Waals surface area contributed by atoms with Crippen molar-refractivity contribution in [2.75, 3.05) is 18.5 Å². The number of amides is 1. The molecule has 0 unspecified atom stereocenters. The highest BCUT2D eigenvalue weighted by Gasteiger charge is 2.26. The average molecular weight is 387 g/mol. The quantitative estimate of drug-likeness (QED) is 0.705. The van der Waals surface area contributed by atoms with Gasteiger partial charge in [0.1, 0.15) is 5.82 Å². The van der Waals surface area contributed by atoms with Crippen molar-refractivity contribution in [3.63, 3.8) is 0 Å². The Hall–Kier alpha value is -2.71. The zero-order chi connectivity index (χ0) is 19.2. The maximum Gasteiger partial charge on any atom is 0.240 e. The normalized spacial score (nSPS) is 14.1. The van der Waals surface area contributed by atoms with Gasteiger partial charge in [0.05, 0.1) is 11.3 Å². The van der Waals surface area contributed by atoms with E-state index in [1.807, 2.05) is 0 Å². The summed E-state index contributed by atoms with van der Waals surface area (Å²) in [7, 11) is -2.02. The molecule has 0 atom stereocenters. The lowest BCUT2D eigenvalue weighted by Crippen LogP contribution is -2.26. The van der Waals surface area contributed by atoms with Crippen LogP contribution in [0.2, 0.25) is 0 Å². The first kappa shape index (κ1) is 17.7. The summed E-state index contributed by atoms with van der Waals surface area (Å²) in [6.45, 7) is 0.182. The number of hydrogen-bond acceptors (Lipinski definition) is 3. The van der Waals surface area contributed by atoms with Gasteiger partial charge in [0.15, 0.2) is 0 Å². The molecular formula is C19H18FN3O3S. The molecule has 27 heavy (non-hydrogen) atoms. The standard InChI is InChI=1S/C19H18FN3O3S/c1-23-18-5-3-15(8-13(18)9-19(23)24)27(25,26)22-7-6-12-11-21-17-4-2-14(20)10-16(12)17/h2-5,8,10-11,21-22H,6-7,9H2,1H3. The third kappa shape index (κ3) is 3.22. The number of carbonyl (C=O) groups excluding carboxylic acids is 1. The summed E-state index contributed by atoms with van der Waals surface area (Å²) in [5, 5.41) is 0.744. The summed E-state index contributed by atoms with van der Waals surface area (Å²) in [6.07, 6.45) is 2.39. The molecule has 4 rings (SSSR count). The van der Waals surface area contributed by atoms with E-state index in [0.717, 1.165) is 22.2 Å². The number of benzene rings is 2. The topological polar surface area (TPSA) is 82.3 Å². The largest absolute Gasteiger partial charge is 0.361 e. The number of aromatic nitrogens is 1. The number of aromatic amines is 1. The molecule has 0 bridgehead atoms. The fourth-order valence-corrected chi connectivity index (χ4v) is 4.46. The molecule has 0 fully saturated rings. The lowest BCUT2D eigenvalue weighted by atomic mass is 10.1. The van der Waals surface area contributed by atoms with Crippen LogP contribution >= 0.6 is 0 Å². The number of halogens is 1. The molecule has 2 aromatic carbocycles. The minimum atomic E-state index is -3.70. The van der Waals surface area contributed by atoms with Gasteiger partial charge in [-0.05, 0) is 53.9 Å². The minimum absolute atomic E-state index is 0.0564. The van der Waals surface area contributed by atoms with E-state index in [1.165, 1.54) is 23.1 Å². The predicted octanol–water partition coefficient (Wildman–Crippen LogP) is 2.35. The Morgan fingerprint density at radius 3 is 2.85 bits per heavy atom. The first-order valence-electron chi connectivity index (χ1n) is 8.50. The molecule has 1 aliphatic heterocycles. The second-order valence-electron chi connectivity index (χ2n) is 6.57. The number of likely N-dealkylation sites (N-methyl/N-ethyl adjacent to an activating group) is 1. The van der Waals surface area contributed by atoms with E-state index in [9.17, 15) is 17.6 Å². The smallest absolute Gasteiger partial charge is 0.240 e. The van der Waals surface area contributed by atoms with E-state index < -0.39 is 10.0 Å².